The van der Waals surface area contributed by atoms with Crippen molar-refractivity contribution in [2.45, 2.75) is 0 Å². The molecule has 9 aromatic carbocycles. The van der Waals surface area contributed by atoms with E-state index in [0.717, 1.165) is 50.2 Å². The van der Waals surface area contributed by atoms with E-state index in [2.05, 4.69) is 210 Å². The van der Waals surface area contributed by atoms with Crippen LogP contribution in [-0.4, -0.2) is 4.57 Å². The number of hydrogen-bond acceptors (Lipinski definition) is 3. The molecular weight excluding hydrogens is 725 g/mol. The highest BCUT2D eigenvalue weighted by atomic mass is 32.1. The number of aromatic nitrogens is 1. The van der Waals surface area contributed by atoms with Crippen LogP contribution in [0.1, 0.15) is 0 Å². The Bertz CT molecular complexity index is 3510. The Balaban J connectivity index is 1.25. The molecule has 3 aromatic heterocycles. The van der Waals surface area contributed by atoms with Crippen molar-refractivity contribution in [1.82, 2.24) is 4.57 Å². The monoisotopic (exact) mass is 758 g/mol. The lowest BCUT2D eigenvalue weighted by Gasteiger charge is -2.28. The van der Waals surface area contributed by atoms with Gasteiger partial charge in [-0.2, -0.15) is 0 Å². The zero-order valence-corrected chi connectivity index (χ0v) is 32.2. The molecule has 0 radical (unpaired) electrons. The summed E-state index contributed by atoms with van der Waals surface area (Å²) >= 11 is 1.85. The Labute approximate surface area is 338 Å². The summed E-state index contributed by atoms with van der Waals surface area (Å²) in [5, 5.41) is 7.09. The lowest BCUT2D eigenvalue weighted by atomic mass is 9.95. The van der Waals surface area contributed by atoms with Gasteiger partial charge >= 0.3 is 0 Å². The van der Waals surface area contributed by atoms with Crippen molar-refractivity contribution in [2.75, 3.05) is 4.90 Å². The van der Waals surface area contributed by atoms with Crippen LogP contribution in [0.25, 0.3) is 91.9 Å². The number of thiophene rings is 1. The van der Waals surface area contributed by atoms with Crippen LogP contribution in [0.4, 0.5) is 17.1 Å². The molecule has 272 valence electrons. The third kappa shape index (κ3) is 5.05. The quantitative estimate of drug-likeness (QED) is 0.168. The van der Waals surface area contributed by atoms with E-state index in [1.807, 2.05) is 17.4 Å². The van der Waals surface area contributed by atoms with Crippen molar-refractivity contribution in [3.63, 3.8) is 0 Å². The van der Waals surface area contributed by atoms with Crippen molar-refractivity contribution < 1.29 is 4.42 Å². The number of fused-ring (bicyclic) bond motifs is 9. The number of hydrogen-bond donors (Lipinski definition) is 0. The van der Waals surface area contributed by atoms with Gasteiger partial charge in [-0.1, -0.05) is 133 Å². The molecule has 0 unspecified atom stereocenters. The molecule has 0 N–H and O–H groups in total. The average molecular weight is 759 g/mol. The van der Waals surface area contributed by atoms with Gasteiger partial charge in [-0.15, -0.1) is 11.3 Å². The van der Waals surface area contributed by atoms with Gasteiger partial charge in [0.1, 0.15) is 11.2 Å². The van der Waals surface area contributed by atoms with E-state index in [1.165, 1.54) is 58.7 Å². The Morgan fingerprint density at radius 1 is 0.397 bits per heavy atom. The van der Waals surface area contributed by atoms with Gasteiger partial charge in [0.25, 0.3) is 0 Å². The molecule has 0 aliphatic heterocycles. The standard InChI is InChI=1S/C54H34N2OS/c1-4-16-35(17-5-1)37-32-43(36-18-6-2-7-19-36)53-45(33-37)41-24-14-26-47(54(41)56(53)38-20-8-3-9-21-38)55(39-30-31-51-44(34-39)40-22-11-13-29-50(40)58-51)46-25-15-28-49-52(46)42-23-10-12-27-48(42)57-49/h1-34H. The van der Waals surface area contributed by atoms with Crippen LogP contribution in [0.2, 0.25) is 0 Å². The number of para-hydroxylation sites is 3. The minimum atomic E-state index is 0.861. The summed E-state index contributed by atoms with van der Waals surface area (Å²) in [6.45, 7) is 0. The maximum absolute atomic E-state index is 6.55. The van der Waals surface area contributed by atoms with Crippen molar-refractivity contribution in [1.29, 1.82) is 0 Å². The van der Waals surface area contributed by atoms with Gasteiger partial charge in [0.15, 0.2) is 0 Å². The van der Waals surface area contributed by atoms with Gasteiger partial charge in [0.2, 0.25) is 0 Å². The van der Waals surface area contributed by atoms with Gasteiger partial charge in [-0.3, -0.25) is 0 Å². The van der Waals surface area contributed by atoms with E-state index < -0.39 is 0 Å². The highest BCUT2D eigenvalue weighted by Gasteiger charge is 2.26. The normalized spacial score (nSPS) is 11.8. The fourth-order valence-corrected chi connectivity index (χ4v) is 10.1. The summed E-state index contributed by atoms with van der Waals surface area (Å²) in [4.78, 5) is 2.47. The van der Waals surface area contributed by atoms with Crippen LogP contribution in [0.5, 0.6) is 0 Å². The number of anilines is 3. The summed E-state index contributed by atoms with van der Waals surface area (Å²) in [5.41, 5.74) is 13.1. The van der Waals surface area contributed by atoms with Crippen molar-refractivity contribution in [3.8, 4) is 27.9 Å². The Morgan fingerprint density at radius 3 is 1.86 bits per heavy atom. The van der Waals surface area contributed by atoms with Gasteiger partial charge in [-0.05, 0) is 89.5 Å². The minimum Gasteiger partial charge on any atom is -0.456 e. The summed E-state index contributed by atoms with van der Waals surface area (Å²) in [6.07, 6.45) is 0. The molecule has 0 aliphatic carbocycles. The first-order valence-corrected chi connectivity index (χ1v) is 20.5. The second-order valence-electron chi connectivity index (χ2n) is 14.9. The molecule has 0 atom stereocenters. The third-order valence-electron chi connectivity index (χ3n) is 11.5. The smallest absolute Gasteiger partial charge is 0.137 e. The Hall–Kier alpha value is -7.40. The molecule has 0 fully saturated rings. The van der Waals surface area contributed by atoms with Crippen LogP contribution in [0.15, 0.2) is 211 Å². The lowest BCUT2D eigenvalue weighted by molar-refractivity contribution is 0.669. The summed E-state index contributed by atoms with van der Waals surface area (Å²) < 4.78 is 11.6. The molecule has 0 bridgehead atoms. The third-order valence-corrected chi connectivity index (χ3v) is 12.7. The van der Waals surface area contributed by atoms with Crippen LogP contribution in [0.3, 0.4) is 0 Å². The second-order valence-corrected chi connectivity index (χ2v) is 15.9. The zero-order chi connectivity index (χ0) is 38.2. The molecule has 12 aromatic rings. The van der Waals surface area contributed by atoms with E-state index in [9.17, 15) is 0 Å². The first-order chi connectivity index (χ1) is 28.8. The molecule has 3 heterocycles. The lowest BCUT2D eigenvalue weighted by Crippen LogP contribution is -2.12. The molecule has 58 heavy (non-hydrogen) atoms. The SMILES string of the molecule is c1ccc(-c2cc(-c3ccccc3)c3c(c2)c2cccc(N(c4ccc5sc6ccccc6c5c4)c4cccc5oc6ccccc6c45)c2n3-c2ccccc2)cc1. The largest absolute Gasteiger partial charge is 0.456 e. The highest BCUT2D eigenvalue weighted by molar-refractivity contribution is 7.25. The fourth-order valence-electron chi connectivity index (χ4n) is 9.03. The number of furan rings is 1. The van der Waals surface area contributed by atoms with Gasteiger partial charge < -0.3 is 13.9 Å². The molecule has 12 rings (SSSR count). The predicted octanol–water partition coefficient (Wildman–Crippen LogP) is 15.9. The van der Waals surface area contributed by atoms with Crippen LogP contribution >= 0.6 is 11.3 Å². The minimum absolute atomic E-state index is 0.861. The van der Waals surface area contributed by atoms with Crippen molar-refractivity contribution in [3.05, 3.63) is 206 Å². The van der Waals surface area contributed by atoms with E-state index in [4.69, 9.17) is 4.42 Å². The fraction of sp³-hybridized carbons (Fsp3) is 0. The maximum Gasteiger partial charge on any atom is 0.137 e. The zero-order valence-electron chi connectivity index (χ0n) is 31.3. The Morgan fingerprint density at radius 2 is 1.03 bits per heavy atom. The molecule has 3 nitrogen and oxygen atoms in total. The average Bonchev–Trinajstić information content (AvgIpc) is 3.97. The molecule has 0 aliphatic rings. The predicted molar refractivity (Wildman–Crippen MR) is 247 cm³/mol. The first kappa shape index (κ1) is 32.8. The number of nitrogens with zero attached hydrogens (tertiary/aromatic N) is 2. The van der Waals surface area contributed by atoms with Gasteiger partial charge in [0, 0.05) is 53.3 Å². The highest BCUT2D eigenvalue weighted by Crippen LogP contribution is 2.50. The van der Waals surface area contributed by atoms with Crippen molar-refractivity contribution >= 4 is 92.3 Å². The van der Waals surface area contributed by atoms with E-state index >= 15 is 0 Å². The molecule has 0 saturated heterocycles. The van der Waals surface area contributed by atoms with Crippen LogP contribution in [0, 0.1) is 0 Å². The van der Waals surface area contributed by atoms with Gasteiger partial charge in [0.05, 0.1) is 27.8 Å². The van der Waals surface area contributed by atoms with Crippen LogP contribution < -0.4 is 4.90 Å². The van der Waals surface area contributed by atoms with Gasteiger partial charge in [-0.25, -0.2) is 0 Å². The van der Waals surface area contributed by atoms with E-state index in [-0.39, 0.29) is 0 Å². The second kappa shape index (κ2) is 13.1. The van der Waals surface area contributed by atoms with Crippen LogP contribution in [-0.2, 0) is 0 Å². The summed E-state index contributed by atoms with van der Waals surface area (Å²) in [5.74, 6) is 0. The van der Waals surface area contributed by atoms with E-state index in [1.54, 1.807) is 0 Å². The number of rotatable bonds is 6. The Kier molecular flexibility index (Phi) is 7.40. The summed E-state index contributed by atoms with van der Waals surface area (Å²) in [7, 11) is 0. The van der Waals surface area contributed by atoms with Crippen molar-refractivity contribution in [2.24, 2.45) is 0 Å². The maximum atomic E-state index is 6.55. The summed E-state index contributed by atoms with van der Waals surface area (Å²) in [6, 6.07) is 74.6. The first-order valence-electron chi connectivity index (χ1n) is 19.7. The number of benzene rings is 9. The van der Waals surface area contributed by atoms with E-state index in [0.29, 0.717) is 0 Å². The topological polar surface area (TPSA) is 21.3 Å². The molecule has 0 amide bonds. The molecule has 4 heteroatoms. The molecule has 0 saturated carbocycles. The molecule has 0 spiro atoms. The molecular formula is C54H34N2OS.